The molecule has 0 radical (unpaired) electrons. The summed E-state index contributed by atoms with van der Waals surface area (Å²) in [4.78, 5) is 10.4. The van der Waals surface area contributed by atoms with Crippen LogP contribution in [0, 0.1) is 21.4 Å². The molecule has 3 rings (SSSR count). The minimum Gasteiger partial charge on any atom is -0.258 e. The zero-order valence-electron chi connectivity index (χ0n) is 13.0. The first-order valence-corrected chi connectivity index (χ1v) is 7.46. The molecule has 0 aliphatic carbocycles. The highest BCUT2D eigenvalue weighted by molar-refractivity contribution is 5.61. The van der Waals surface area contributed by atoms with E-state index >= 15 is 0 Å². The van der Waals surface area contributed by atoms with Gasteiger partial charge in [0.05, 0.1) is 27.9 Å². The molecule has 6 nitrogen and oxygen atoms in total. The van der Waals surface area contributed by atoms with Gasteiger partial charge in [-0.3, -0.25) is 10.1 Å². The predicted molar refractivity (Wildman–Crippen MR) is 89.7 cm³/mol. The molecule has 3 aromatic rings. The third kappa shape index (κ3) is 2.88. The van der Waals surface area contributed by atoms with E-state index in [1.165, 1.54) is 12.1 Å². The van der Waals surface area contributed by atoms with Crippen LogP contribution in [0.1, 0.15) is 18.2 Å². The number of nitriles is 1. The van der Waals surface area contributed by atoms with Crippen LogP contribution in [0.4, 0.5) is 5.69 Å². The molecule has 118 valence electrons. The van der Waals surface area contributed by atoms with Crippen molar-refractivity contribution in [2.24, 2.45) is 0 Å². The second-order valence-electron chi connectivity index (χ2n) is 5.25. The van der Waals surface area contributed by atoms with Gasteiger partial charge in [-0.2, -0.15) is 10.4 Å². The molecule has 2 aromatic carbocycles. The molecule has 0 saturated heterocycles. The number of rotatable bonds is 4. The summed E-state index contributed by atoms with van der Waals surface area (Å²) < 4.78 is 1.79. The van der Waals surface area contributed by atoms with Gasteiger partial charge in [-0.25, -0.2) is 4.68 Å². The van der Waals surface area contributed by atoms with E-state index in [2.05, 4.69) is 11.2 Å². The average Bonchev–Trinajstić information content (AvgIpc) is 3.06. The third-order valence-electron chi connectivity index (χ3n) is 3.76. The van der Waals surface area contributed by atoms with Crippen LogP contribution in [0.25, 0.3) is 16.9 Å². The topological polar surface area (TPSA) is 84.8 Å². The number of hydrogen-bond donors (Lipinski definition) is 0. The highest BCUT2D eigenvalue weighted by Crippen LogP contribution is 2.23. The minimum atomic E-state index is -0.421. The van der Waals surface area contributed by atoms with Crippen LogP contribution in [0.5, 0.6) is 0 Å². The van der Waals surface area contributed by atoms with Crippen LogP contribution in [-0.2, 0) is 6.42 Å². The van der Waals surface area contributed by atoms with Crippen LogP contribution < -0.4 is 0 Å². The van der Waals surface area contributed by atoms with Crippen molar-refractivity contribution < 1.29 is 4.92 Å². The average molecular weight is 318 g/mol. The summed E-state index contributed by atoms with van der Waals surface area (Å²) in [6, 6.07) is 17.6. The van der Waals surface area contributed by atoms with Gasteiger partial charge in [-0.1, -0.05) is 19.1 Å². The lowest BCUT2D eigenvalue weighted by atomic mass is 10.1. The van der Waals surface area contributed by atoms with E-state index in [1.54, 1.807) is 28.9 Å². The van der Waals surface area contributed by atoms with Crippen molar-refractivity contribution in [3.63, 3.8) is 0 Å². The molecule has 0 spiro atoms. The molecular weight excluding hydrogens is 304 g/mol. The molecule has 0 fully saturated rings. The zero-order valence-corrected chi connectivity index (χ0v) is 13.0. The Balaban J connectivity index is 2.01. The van der Waals surface area contributed by atoms with Gasteiger partial charge in [0.2, 0.25) is 0 Å². The molecule has 24 heavy (non-hydrogen) atoms. The van der Waals surface area contributed by atoms with E-state index in [-0.39, 0.29) is 5.69 Å². The van der Waals surface area contributed by atoms with E-state index in [0.717, 1.165) is 29.1 Å². The molecule has 6 heteroatoms. The van der Waals surface area contributed by atoms with Gasteiger partial charge >= 0.3 is 0 Å². The van der Waals surface area contributed by atoms with Crippen LogP contribution in [0.2, 0.25) is 0 Å². The van der Waals surface area contributed by atoms with Crippen LogP contribution in [0.3, 0.4) is 0 Å². The molecule has 0 amide bonds. The number of hydrogen-bond acceptors (Lipinski definition) is 4. The summed E-state index contributed by atoms with van der Waals surface area (Å²) in [5.74, 6) is 0. The van der Waals surface area contributed by atoms with Crippen molar-refractivity contribution in [1.29, 1.82) is 5.26 Å². The fraction of sp³-hybridized carbons (Fsp3) is 0.111. The van der Waals surface area contributed by atoms with Gasteiger partial charge in [0.1, 0.15) is 0 Å². The smallest absolute Gasteiger partial charge is 0.258 e. The summed E-state index contributed by atoms with van der Waals surface area (Å²) in [5.41, 5.74) is 4.15. The number of aryl methyl sites for hydroxylation is 1. The Morgan fingerprint density at radius 3 is 2.38 bits per heavy atom. The highest BCUT2D eigenvalue weighted by atomic mass is 16.6. The normalized spacial score (nSPS) is 10.3. The lowest BCUT2D eigenvalue weighted by molar-refractivity contribution is -0.384. The van der Waals surface area contributed by atoms with Gasteiger partial charge in [0.25, 0.3) is 5.69 Å². The van der Waals surface area contributed by atoms with Gasteiger partial charge < -0.3 is 0 Å². The van der Waals surface area contributed by atoms with E-state index < -0.39 is 4.92 Å². The maximum absolute atomic E-state index is 10.8. The number of nitro benzene ring substituents is 1. The van der Waals surface area contributed by atoms with Gasteiger partial charge in [-0.05, 0) is 36.8 Å². The summed E-state index contributed by atoms with van der Waals surface area (Å²) in [6.07, 6.45) is 0.778. The number of benzene rings is 2. The quantitative estimate of drug-likeness (QED) is 0.539. The van der Waals surface area contributed by atoms with E-state index in [4.69, 9.17) is 5.26 Å². The van der Waals surface area contributed by atoms with Gasteiger partial charge in [-0.15, -0.1) is 0 Å². The lowest BCUT2D eigenvalue weighted by Gasteiger charge is -2.05. The molecule has 1 heterocycles. The Morgan fingerprint density at radius 1 is 1.17 bits per heavy atom. The number of aromatic nitrogens is 2. The number of nitro groups is 1. The second-order valence-corrected chi connectivity index (χ2v) is 5.25. The van der Waals surface area contributed by atoms with Gasteiger partial charge in [0, 0.05) is 23.4 Å². The standard InChI is InChI=1S/C18H14N4O2/c1-2-15-11-18(14-5-3-13(12-19)4-6-14)20-21(15)16-7-9-17(10-8-16)22(23)24/h3-11H,2H2,1H3. The Labute approximate surface area is 138 Å². The molecule has 1 aromatic heterocycles. The molecule has 0 aliphatic heterocycles. The van der Waals surface area contributed by atoms with Crippen molar-refractivity contribution in [3.8, 4) is 23.0 Å². The first-order chi connectivity index (χ1) is 11.6. The zero-order chi connectivity index (χ0) is 17.1. The molecule has 0 bridgehead atoms. The van der Waals surface area contributed by atoms with Crippen molar-refractivity contribution >= 4 is 5.69 Å². The summed E-state index contributed by atoms with van der Waals surface area (Å²) in [7, 11) is 0. The first-order valence-electron chi connectivity index (χ1n) is 7.46. The summed E-state index contributed by atoms with van der Waals surface area (Å²) >= 11 is 0. The van der Waals surface area contributed by atoms with Crippen molar-refractivity contribution in [2.75, 3.05) is 0 Å². The second kappa shape index (κ2) is 6.34. The van der Waals surface area contributed by atoms with Gasteiger partial charge in [0.15, 0.2) is 0 Å². The lowest BCUT2D eigenvalue weighted by Crippen LogP contribution is -2.01. The molecule has 0 saturated carbocycles. The SMILES string of the molecule is CCc1cc(-c2ccc(C#N)cc2)nn1-c1ccc([N+](=O)[O-])cc1. The number of nitrogens with zero attached hydrogens (tertiary/aromatic N) is 4. The molecular formula is C18H14N4O2. The summed E-state index contributed by atoms with van der Waals surface area (Å²) in [5, 5.41) is 24.3. The maximum atomic E-state index is 10.8. The van der Waals surface area contributed by atoms with E-state index in [1.807, 2.05) is 25.1 Å². The Bertz CT molecular complexity index is 919. The van der Waals surface area contributed by atoms with Crippen molar-refractivity contribution in [1.82, 2.24) is 9.78 Å². The molecule has 0 N–H and O–H groups in total. The van der Waals surface area contributed by atoms with Crippen molar-refractivity contribution in [3.05, 3.63) is 76.0 Å². The monoisotopic (exact) mass is 318 g/mol. The van der Waals surface area contributed by atoms with Crippen LogP contribution >= 0.6 is 0 Å². The first kappa shape index (κ1) is 15.4. The predicted octanol–water partition coefficient (Wildman–Crippen LogP) is 3.88. The Morgan fingerprint density at radius 2 is 1.83 bits per heavy atom. The fourth-order valence-corrected chi connectivity index (χ4v) is 2.47. The van der Waals surface area contributed by atoms with E-state index in [9.17, 15) is 10.1 Å². The third-order valence-corrected chi connectivity index (χ3v) is 3.76. The Hall–Kier alpha value is -3.46. The largest absolute Gasteiger partial charge is 0.269 e. The van der Waals surface area contributed by atoms with Crippen molar-refractivity contribution in [2.45, 2.75) is 13.3 Å². The Kier molecular flexibility index (Phi) is 4.08. The maximum Gasteiger partial charge on any atom is 0.269 e. The highest BCUT2D eigenvalue weighted by Gasteiger charge is 2.12. The summed E-state index contributed by atoms with van der Waals surface area (Å²) in [6.45, 7) is 2.03. The fourth-order valence-electron chi connectivity index (χ4n) is 2.47. The van der Waals surface area contributed by atoms with E-state index in [0.29, 0.717) is 5.56 Å². The van der Waals surface area contributed by atoms with Crippen LogP contribution in [0.15, 0.2) is 54.6 Å². The van der Waals surface area contributed by atoms with Crippen LogP contribution in [-0.4, -0.2) is 14.7 Å². The molecule has 0 atom stereocenters. The minimum absolute atomic E-state index is 0.0521. The molecule has 0 unspecified atom stereocenters. The number of non-ortho nitro benzene ring substituents is 1. The molecule has 0 aliphatic rings.